The van der Waals surface area contributed by atoms with E-state index >= 15 is 0 Å². The van der Waals surface area contributed by atoms with Gasteiger partial charge in [0.2, 0.25) is 0 Å². The van der Waals surface area contributed by atoms with Gasteiger partial charge in [0.15, 0.2) is 0 Å². The van der Waals surface area contributed by atoms with E-state index in [2.05, 4.69) is 29.3 Å². The van der Waals surface area contributed by atoms with Crippen molar-refractivity contribution in [2.45, 2.75) is 37.6 Å². The lowest BCUT2D eigenvalue weighted by Gasteiger charge is -2.43. The molecule has 4 nitrogen and oxygen atoms in total. The van der Waals surface area contributed by atoms with E-state index in [9.17, 15) is 4.79 Å². The maximum Gasteiger partial charge on any atom is 0.252 e. The van der Waals surface area contributed by atoms with E-state index in [0.717, 1.165) is 12.8 Å². The van der Waals surface area contributed by atoms with Gasteiger partial charge in [0.1, 0.15) is 5.15 Å². The molecule has 0 radical (unpaired) electrons. The Bertz CT molecular complexity index is 514. The second-order valence-corrected chi connectivity index (χ2v) is 6.62. The van der Waals surface area contributed by atoms with Gasteiger partial charge >= 0.3 is 0 Å². The third kappa shape index (κ3) is 3.87. The fraction of sp³-hybridized carbons (Fsp3) is 0.600. The lowest BCUT2D eigenvalue weighted by Crippen LogP contribution is -2.53. The highest BCUT2D eigenvalue weighted by Crippen LogP contribution is 2.31. The Morgan fingerprint density at radius 2 is 2.00 bits per heavy atom. The number of halogens is 2. The molecule has 0 saturated heterocycles. The molecule has 21 heavy (non-hydrogen) atoms. The van der Waals surface area contributed by atoms with Crippen molar-refractivity contribution in [1.29, 1.82) is 0 Å². The van der Waals surface area contributed by atoms with Gasteiger partial charge in [0, 0.05) is 18.3 Å². The number of likely N-dealkylation sites (N-methyl/N-ethyl adjacent to an activating group) is 1. The van der Waals surface area contributed by atoms with Crippen molar-refractivity contribution in [2.75, 3.05) is 20.6 Å². The van der Waals surface area contributed by atoms with Crippen LogP contribution in [0.4, 0.5) is 0 Å². The van der Waals surface area contributed by atoms with Crippen LogP contribution in [0.25, 0.3) is 0 Å². The molecule has 1 amide bonds. The highest BCUT2D eigenvalue weighted by Gasteiger charge is 2.34. The van der Waals surface area contributed by atoms with Crippen molar-refractivity contribution < 1.29 is 4.79 Å². The molecule has 1 aromatic heterocycles. The predicted octanol–water partition coefficient (Wildman–Crippen LogP) is 3.38. The number of nitrogens with one attached hydrogen (secondary N) is 1. The summed E-state index contributed by atoms with van der Waals surface area (Å²) in [5.41, 5.74) is 0.492. The first-order valence-electron chi connectivity index (χ1n) is 7.21. The molecule has 1 heterocycles. The van der Waals surface area contributed by atoms with Crippen molar-refractivity contribution in [3.8, 4) is 0 Å². The van der Waals surface area contributed by atoms with Crippen molar-refractivity contribution in [3.63, 3.8) is 0 Å². The standard InChI is InChI=1S/C15H21Cl2N3O/c1-20(2)15(6-4-3-5-7-15)10-19-14(21)11-8-12(16)13(17)18-9-11/h8-9H,3-7,10H2,1-2H3,(H,19,21). The fourth-order valence-electron chi connectivity index (χ4n) is 2.88. The topological polar surface area (TPSA) is 45.2 Å². The van der Waals surface area contributed by atoms with Crippen LogP contribution in [0, 0.1) is 0 Å². The van der Waals surface area contributed by atoms with Gasteiger partial charge in [-0.15, -0.1) is 0 Å². The van der Waals surface area contributed by atoms with Gasteiger partial charge in [-0.2, -0.15) is 0 Å². The van der Waals surface area contributed by atoms with Crippen molar-refractivity contribution in [1.82, 2.24) is 15.2 Å². The van der Waals surface area contributed by atoms with Crippen LogP contribution in [0.3, 0.4) is 0 Å². The lowest BCUT2D eigenvalue weighted by molar-refractivity contribution is 0.0799. The SMILES string of the molecule is CN(C)C1(CNC(=O)c2cnc(Cl)c(Cl)c2)CCCCC1. The molecule has 0 unspecified atom stereocenters. The molecule has 0 spiro atoms. The number of hydrogen-bond acceptors (Lipinski definition) is 3. The second kappa shape index (κ2) is 6.95. The Labute approximate surface area is 135 Å². The Morgan fingerprint density at radius 1 is 1.33 bits per heavy atom. The van der Waals surface area contributed by atoms with Gasteiger partial charge in [-0.1, -0.05) is 42.5 Å². The van der Waals surface area contributed by atoms with Crippen molar-refractivity contribution in [2.24, 2.45) is 0 Å². The van der Waals surface area contributed by atoms with E-state index in [-0.39, 0.29) is 16.6 Å². The van der Waals surface area contributed by atoms with Gasteiger partial charge in [0.05, 0.1) is 10.6 Å². The van der Waals surface area contributed by atoms with E-state index < -0.39 is 0 Å². The molecule has 0 aliphatic heterocycles. The number of pyridine rings is 1. The predicted molar refractivity (Wildman–Crippen MR) is 86.1 cm³/mol. The van der Waals surface area contributed by atoms with Crippen LogP contribution in [0.5, 0.6) is 0 Å². The van der Waals surface area contributed by atoms with Crippen LogP contribution in [0.15, 0.2) is 12.3 Å². The third-order valence-corrected chi connectivity index (χ3v) is 5.06. The maximum absolute atomic E-state index is 12.2. The molecule has 0 aromatic carbocycles. The molecule has 6 heteroatoms. The average Bonchev–Trinajstić information content (AvgIpc) is 2.48. The van der Waals surface area contributed by atoms with Gasteiger partial charge in [-0.05, 0) is 33.0 Å². The largest absolute Gasteiger partial charge is 0.350 e. The molecule has 116 valence electrons. The molecule has 2 rings (SSSR count). The number of carbonyl (C=O) groups is 1. The number of amides is 1. The summed E-state index contributed by atoms with van der Waals surface area (Å²) < 4.78 is 0. The van der Waals surface area contributed by atoms with Gasteiger partial charge in [0.25, 0.3) is 5.91 Å². The van der Waals surface area contributed by atoms with Crippen LogP contribution in [0.2, 0.25) is 10.2 Å². The minimum atomic E-state index is -0.159. The summed E-state index contributed by atoms with van der Waals surface area (Å²) in [6.45, 7) is 0.638. The molecular weight excluding hydrogens is 309 g/mol. The number of rotatable bonds is 4. The zero-order chi connectivity index (χ0) is 15.5. The molecule has 1 aromatic rings. The first-order valence-corrected chi connectivity index (χ1v) is 7.97. The van der Waals surface area contributed by atoms with Crippen LogP contribution in [-0.2, 0) is 0 Å². The zero-order valence-corrected chi connectivity index (χ0v) is 14.0. The minimum Gasteiger partial charge on any atom is -0.350 e. The summed E-state index contributed by atoms with van der Waals surface area (Å²) in [5, 5.41) is 3.52. The summed E-state index contributed by atoms with van der Waals surface area (Å²) in [6.07, 6.45) is 7.37. The highest BCUT2D eigenvalue weighted by molar-refractivity contribution is 6.41. The summed E-state index contributed by atoms with van der Waals surface area (Å²) in [4.78, 5) is 18.4. The van der Waals surface area contributed by atoms with E-state index in [1.165, 1.54) is 25.5 Å². The summed E-state index contributed by atoms with van der Waals surface area (Å²) >= 11 is 11.7. The molecular formula is C15H21Cl2N3O. The van der Waals surface area contributed by atoms with Crippen LogP contribution >= 0.6 is 23.2 Å². The Balaban J connectivity index is 2.03. The summed E-state index contributed by atoms with van der Waals surface area (Å²) in [6, 6.07) is 1.55. The monoisotopic (exact) mass is 329 g/mol. The van der Waals surface area contributed by atoms with Gasteiger partial charge in [-0.25, -0.2) is 4.98 Å². The van der Waals surface area contributed by atoms with Crippen molar-refractivity contribution >= 4 is 29.1 Å². The smallest absolute Gasteiger partial charge is 0.252 e. The molecule has 0 atom stereocenters. The summed E-state index contributed by atoms with van der Waals surface area (Å²) in [5.74, 6) is -0.159. The molecule has 1 saturated carbocycles. The lowest BCUT2D eigenvalue weighted by atomic mass is 9.80. The van der Waals surface area contributed by atoms with Crippen LogP contribution < -0.4 is 5.32 Å². The Morgan fingerprint density at radius 3 is 2.57 bits per heavy atom. The van der Waals surface area contributed by atoms with E-state index in [0.29, 0.717) is 17.1 Å². The zero-order valence-electron chi connectivity index (χ0n) is 12.5. The average molecular weight is 330 g/mol. The Hall–Kier alpha value is -0.840. The fourth-order valence-corrected chi connectivity index (χ4v) is 3.15. The third-order valence-electron chi connectivity index (χ3n) is 4.37. The minimum absolute atomic E-state index is 0.0531. The quantitative estimate of drug-likeness (QED) is 0.861. The van der Waals surface area contributed by atoms with E-state index in [1.54, 1.807) is 6.07 Å². The highest BCUT2D eigenvalue weighted by atomic mass is 35.5. The van der Waals surface area contributed by atoms with Gasteiger partial charge < -0.3 is 10.2 Å². The number of hydrogen-bond donors (Lipinski definition) is 1. The molecule has 1 aliphatic carbocycles. The van der Waals surface area contributed by atoms with Gasteiger partial charge in [-0.3, -0.25) is 4.79 Å². The van der Waals surface area contributed by atoms with Crippen molar-refractivity contribution in [3.05, 3.63) is 28.0 Å². The molecule has 1 fully saturated rings. The first kappa shape index (κ1) is 16.5. The summed E-state index contributed by atoms with van der Waals surface area (Å²) in [7, 11) is 4.16. The first-order chi connectivity index (χ1) is 9.94. The molecule has 1 aliphatic rings. The maximum atomic E-state index is 12.2. The van der Waals surface area contributed by atoms with Crippen LogP contribution in [0.1, 0.15) is 42.5 Å². The van der Waals surface area contributed by atoms with E-state index in [1.807, 2.05) is 0 Å². The van der Waals surface area contributed by atoms with E-state index in [4.69, 9.17) is 23.2 Å². The van der Waals surface area contributed by atoms with Crippen LogP contribution in [-0.4, -0.2) is 42.0 Å². The molecule has 0 bridgehead atoms. The normalized spacial score (nSPS) is 17.8. The number of carbonyl (C=O) groups excluding carboxylic acids is 1. The number of nitrogens with zero attached hydrogens (tertiary/aromatic N) is 2. The molecule has 1 N–H and O–H groups in total. The number of aromatic nitrogens is 1. The second-order valence-electron chi connectivity index (χ2n) is 5.86. The Kier molecular flexibility index (Phi) is 5.47.